The Morgan fingerprint density at radius 2 is 2.10 bits per heavy atom. The highest BCUT2D eigenvalue weighted by molar-refractivity contribution is 7.89. The highest BCUT2D eigenvalue weighted by Crippen LogP contribution is 2.25. The van der Waals surface area contributed by atoms with Crippen molar-refractivity contribution in [2.75, 3.05) is 13.1 Å². The monoisotopic (exact) mass is 308 g/mol. The molecule has 0 aliphatic carbocycles. The molecule has 0 saturated carbocycles. The minimum absolute atomic E-state index is 0.108. The molecule has 0 saturated heterocycles. The van der Waals surface area contributed by atoms with E-state index >= 15 is 0 Å². The molecular formula is C14H16N2O4S. The number of nitrogens with zero attached hydrogens (tertiary/aromatic N) is 2. The van der Waals surface area contributed by atoms with Crippen LogP contribution in [0, 0.1) is 0 Å². The van der Waals surface area contributed by atoms with Crippen molar-refractivity contribution in [1.82, 2.24) is 9.29 Å². The van der Waals surface area contributed by atoms with Crippen LogP contribution < -0.4 is 0 Å². The number of pyridine rings is 1. The SMILES string of the molecule is CCCN(CC(=O)O)S(=O)(=O)c1cccc2cnccc12. The summed E-state index contributed by atoms with van der Waals surface area (Å²) >= 11 is 0. The third-order valence-electron chi connectivity index (χ3n) is 3.04. The van der Waals surface area contributed by atoms with E-state index in [0.717, 1.165) is 4.31 Å². The Kier molecular flexibility index (Phi) is 4.54. The summed E-state index contributed by atoms with van der Waals surface area (Å²) in [5.74, 6) is -1.17. The van der Waals surface area contributed by atoms with E-state index in [1.165, 1.54) is 12.3 Å². The van der Waals surface area contributed by atoms with E-state index in [0.29, 0.717) is 17.2 Å². The molecule has 1 heterocycles. The number of hydrogen-bond acceptors (Lipinski definition) is 4. The molecule has 0 radical (unpaired) electrons. The minimum Gasteiger partial charge on any atom is -0.480 e. The summed E-state index contributed by atoms with van der Waals surface area (Å²) in [5.41, 5.74) is 0. The summed E-state index contributed by atoms with van der Waals surface area (Å²) in [6.07, 6.45) is 3.64. The van der Waals surface area contributed by atoms with Crippen molar-refractivity contribution in [2.45, 2.75) is 18.2 Å². The third-order valence-corrected chi connectivity index (χ3v) is 4.95. The molecule has 0 aliphatic rings. The number of hydrogen-bond donors (Lipinski definition) is 1. The number of carbonyl (C=O) groups is 1. The molecule has 112 valence electrons. The number of sulfonamides is 1. The van der Waals surface area contributed by atoms with Gasteiger partial charge in [0.15, 0.2) is 0 Å². The van der Waals surface area contributed by atoms with Crippen molar-refractivity contribution in [2.24, 2.45) is 0 Å². The molecule has 0 spiro atoms. The molecule has 21 heavy (non-hydrogen) atoms. The number of benzene rings is 1. The first-order valence-corrected chi connectivity index (χ1v) is 7.95. The van der Waals surface area contributed by atoms with Crippen LogP contribution in [0.4, 0.5) is 0 Å². The summed E-state index contributed by atoms with van der Waals surface area (Å²) in [4.78, 5) is 15.0. The van der Waals surface area contributed by atoms with E-state index in [1.54, 1.807) is 31.3 Å². The Bertz CT molecular complexity index is 753. The lowest BCUT2D eigenvalue weighted by Gasteiger charge is -2.20. The number of aliphatic carboxylic acids is 1. The molecule has 1 aromatic carbocycles. The van der Waals surface area contributed by atoms with E-state index in [1.807, 2.05) is 0 Å². The maximum absolute atomic E-state index is 12.7. The van der Waals surface area contributed by atoms with Crippen LogP contribution in [0.3, 0.4) is 0 Å². The van der Waals surface area contributed by atoms with E-state index < -0.39 is 22.5 Å². The largest absolute Gasteiger partial charge is 0.480 e. The van der Waals surface area contributed by atoms with Crippen molar-refractivity contribution >= 4 is 26.8 Å². The zero-order chi connectivity index (χ0) is 15.5. The number of rotatable bonds is 6. The lowest BCUT2D eigenvalue weighted by atomic mass is 10.2. The van der Waals surface area contributed by atoms with E-state index in [4.69, 9.17) is 5.11 Å². The van der Waals surface area contributed by atoms with Crippen LogP contribution in [0.2, 0.25) is 0 Å². The van der Waals surface area contributed by atoms with Gasteiger partial charge in [-0.15, -0.1) is 0 Å². The van der Waals surface area contributed by atoms with Gasteiger partial charge in [-0.25, -0.2) is 8.42 Å². The molecule has 1 N–H and O–H groups in total. The van der Waals surface area contributed by atoms with Gasteiger partial charge in [-0.1, -0.05) is 19.1 Å². The first-order chi connectivity index (χ1) is 9.96. The average Bonchev–Trinajstić information content (AvgIpc) is 2.45. The zero-order valence-corrected chi connectivity index (χ0v) is 12.4. The summed E-state index contributed by atoms with van der Waals surface area (Å²) in [6, 6.07) is 6.50. The Balaban J connectivity index is 2.56. The Hall–Kier alpha value is -1.99. The predicted molar refractivity (Wildman–Crippen MR) is 78.4 cm³/mol. The first-order valence-electron chi connectivity index (χ1n) is 6.51. The summed E-state index contributed by atoms with van der Waals surface area (Å²) in [5, 5.41) is 10.2. The van der Waals surface area contributed by atoms with Crippen molar-refractivity contribution in [3.8, 4) is 0 Å². The third kappa shape index (κ3) is 3.20. The lowest BCUT2D eigenvalue weighted by Crippen LogP contribution is -2.36. The van der Waals surface area contributed by atoms with Gasteiger partial charge >= 0.3 is 5.97 Å². The topological polar surface area (TPSA) is 87.6 Å². The molecule has 0 amide bonds. The maximum atomic E-state index is 12.7. The second-order valence-corrected chi connectivity index (χ2v) is 6.49. The summed E-state index contributed by atoms with van der Waals surface area (Å²) in [7, 11) is -3.86. The number of fused-ring (bicyclic) bond motifs is 1. The van der Waals surface area contributed by atoms with E-state index in [-0.39, 0.29) is 11.4 Å². The van der Waals surface area contributed by atoms with Crippen molar-refractivity contribution in [1.29, 1.82) is 0 Å². The van der Waals surface area contributed by atoms with Crippen LogP contribution in [-0.2, 0) is 14.8 Å². The summed E-state index contributed by atoms with van der Waals surface area (Å²) in [6.45, 7) is 1.42. The molecule has 2 aromatic rings. The second kappa shape index (κ2) is 6.19. The van der Waals surface area contributed by atoms with Gasteiger partial charge in [0, 0.05) is 29.7 Å². The second-order valence-electron chi connectivity index (χ2n) is 4.59. The summed E-state index contributed by atoms with van der Waals surface area (Å²) < 4.78 is 26.4. The van der Waals surface area contributed by atoms with Crippen molar-refractivity contribution in [3.63, 3.8) is 0 Å². The van der Waals surface area contributed by atoms with E-state index in [9.17, 15) is 13.2 Å². The molecule has 0 aliphatic heterocycles. The van der Waals surface area contributed by atoms with Crippen LogP contribution in [0.1, 0.15) is 13.3 Å². The van der Waals surface area contributed by atoms with Gasteiger partial charge in [-0.3, -0.25) is 9.78 Å². The number of carboxylic acids is 1. The molecule has 0 unspecified atom stereocenters. The minimum atomic E-state index is -3.86. The van der Waals surface area contributed by atoms with Gasteiger partial charge in [0.2, 0.25) is 10.0 Å². The first kappa shape index (κ1) is 15.4. The van der Waals surface area contributed by atoms with Gasteiger partial charge < -0.3 is 5.11 Å². The standard InChI is InChI=1S/C14H16N2O4S/c1-2-8-16(10-14(17)18)21(19,20)13-5-3-4-11-9-15-7-6-12(11)13/h3-7,9H,2,8,10H2,1H3,(H,17,18). The van der Waals surface area contributed by atoms with Crippen LogP contribution in [-0.4, -0.2) is 41.9 Å². The molecular weight excluding hydrogens is 292 g/mol. The average molecular weight is 308 g/mol. The molecule has 0 atom stereocenters. The number of carboxylic acid groups (broad SMARTS) is 1. The van der Waals surface area contributed by atoms with Gasteiger partial charge in [0.05, 0.1) is 4.90 Å². The number of aromatic nitrogens is 1. The fourth-order valence-corrected chi connectivity index (χ4v) is 3.84. The molecule has 7 heteroatoms. The lowest BCUT2D eigenvalue weighted by molar-refractivity contribution is -0.137. The fourth-order valence-electron chi connectivity index (χ4n) is 2.14. The smallest absolute Gasteiger partial charge is 0.318 e. The van der Waals surface area contributed by atoms with Gasteiger partial charge in [-0.05, 0) is 18.6 Å². The van der Waals surface area contributed by atoms with Crippen LogP contribution in [0.25, 0.3) is 10.8 Å². The molecule has 0 bridgehead atoms. The van der Waals surface area contributed by atoms with Crippen LogP contribution in [0.15, 0.2) is 41.6 Å². The molecule has 6 nitrogen and oxygen atoms in total. The van der Waals surface area contributed by atoms with Gasteiger partial charge in [0.1, 0.15) is 6.54 Å². The maximum Gasteiger partial charge on any atom is 0.318 e. The van der Waals surface area contributed by atoms with E-state index in [2.05, 4.69) is 4.98 Å². The Morgan fingerprint density at radius 3 is 2.76 bits per heavy atom. The zero-order valence-electron chi connectivity index (χ0n) is 11.6. The van der Waals surface area contributed by atoms with Crippen molar-refractivity contribution < 1.29 is 18.3 Å². The Morgan fingerprint density at radius 1 is 1.33 bits per heavy atom. The highest BCUT2D eigenvalue weighted by atomic mass is 32.2. The molecule has 2 rings (SSSR count). The Labute approximate surface area is 123 Å². The van der Waals surface area contributed by atoms with Crippen molar-refractivity contribution in [3.05, 3.63) is 36.7 Å². The van der Waals surface area contributed by atoms with Crippen LogP contribution >= 0.6 is 0 Å². The highest BCUT2D eigenvalue weighted by Gasteiger charge is 2.27. The normalized spacial score (nSPS) is 11.9. The fraction of sp³-hybridized carbons (Fsp3) is 0.286. The predicted octanol–water partition coefficient (Wildman–Crippen LogP) is 1.72. The molecule has 1 aromatic heterocycles. The molecule has 0 fully saturated rings. The quantitative estimate of drug-likeness (QED) is 0.878. The van der Waals surface area contributed by atoms with Crippen LogP contribution in [0.5, 0.6) is 0 Å². The van der Waals surface area contributed by atoms with Gasteiger partial charge in [0.25, 0.3) is 0 Å². The van der Waals surface area contributed by atoms with Gasteiger partial charge in [-0.2, -0.15) is 4.31 Å².